The molecular weight excluding hydrogens is 378 g/mol. The molecule has 0 heterocycles. The van der Waals surface area contributed by atoms with Gasteiger partial charge >= 0.3 is 0 Å². The fourth-order valence-electron chi connectivity index (χ4n) is 2.74. The Hall–Kier alpha value is -3.33. The van der Waals surface area contributed by atoms with Crippen molar-refractivity contribution >= 4 is 17.3 Å². The zero-order valence-corrected chi connectivity index (χ0v) is 17.1. The van der Waals surface area contributed by atoms with E-state index in [-0.39, 0.29) is 17.3 Å². The van der Waals surface area contributed by atoms with E-state index in [0.717, 1.165) is 5.56 Å². The van der Waals surface area contributed by atoms with Gasteiger partial charge in [-0.05, 0) is 37.7 Å². The molecule has 1 N–H and O–H groups in total. The standard InChI is InChI=1S/C20H25N3O6/c1-13(22(2)12-14-6-9-17(27-3)19(10-14)29-5)20(24)21-16-8-7-15(23(25)26)11-18(16)28-4/h6-11,13H,12H2,1-5H3,(H,21,24)/t13-/m0/s1. The van der Waals surface area contributed by atoms with E-state index in [4.69, 9.17) is 14.2 Å². The number of non-ortho nitro benzene ring substituents is 1. The van der Waals surface area contributed by atoms with Gasteiger partial charge < -0.3 is 19.5 Å². The highest BCUT2D eigenvalue weighted by Crippen LogP contribution is 2.30. The third-order valence-corrected chi connectivity index (χ3v) is 4.57. The summed E-state index contributed by atoms with van der Waals surface area (Å²) in [7, 11) is 6.36. The third kappa shape index (κ3) is 5.35. The number of carbonyl (C=O) groups excluding carboxylic acids is 1. The number of hydrogen-bond acceptors (Lipinski definition) is 7. The normalized spacial score (nSPS) is 11.7. The van der Waals surface area contributed by atoms with Gasteiger partial charge in [0.15, 0.2) is 11.5 Å². The van der Waals surface area contributed by atoms with Crippen LogP contribution in [0.2, 0.25) is 0 Å². The molecule has 0 aromatic heterocycles. The predicted octanol–water partition coefficient (Wildman–Crippen LogP) is 3.08. The lowest BCUT2D eigenvalue weighted by molar-refractivity contribution is -0.384. The lowest BCUT2D eigenvalue weighted by atomic mass is 10.1. The van der Waals surface area contributed by atoms with E-state index in [1.807, 2.05) is 30.1 Å². The second-order valence-electron chi connectivity index (χ2n) is 6.41. The van der Waals surface area contributed by atoms with Gasteiger partial charge in [-0.15, -0.1) is 0 Å². The van der Waals surface area contributed by atoms with Crippen LogP contribution in [0.25, 0.3) is 0 Å². The Balaban J connectivity index is 2.09. The van der Waals surface area contributed by atoms with E-state index in [1.165, 1.54) is 25.3 Å². The van der Waals surface area contributed by atoms with Crippen LogP contribution in [0, 0.1) is 10.1 Å². The van der Waals surface area contributed by atoms with Gasteiger partial charge in [0.2, 0.25) is 5.91 Å². The number of likely N-dealkylation sites (N-methyl/N-ethyl adjacent to an activating group) is 1. The number of nitrogens with zero attached hydrogens (tertiary/aromatic N) is 2. The van der Waals surface area contributed by atoms with E-state index < -0.39 is 11.0 Å². The molecule has 9 heteroatoms. The van der Waals surface area contributed by atoms with Crippen LogP contribution in [-0.2, 0) is 11.3 Å². The van der Waals surface area contributed by atoms with Crippen molar-refractivity contribution in [1.82, 2.24) is 4.90 Å². The summed E-state index contributed by atoms with van der Waals surface area (Å²) in [5.41, 5.74) is 1.21. The Bertz CT molecular complexity index is 887. The van der Waals surface area contributed by atoms with Gasteiger partial charge in [0.05, 0.1) is 44.0 Å². The number of carbonyl (C=O) groups is 1. The number of nitrogens with one attached hydrogen (secondary N) is 1. The number of ether oxygens (including phenoxy) is 3. The minimum absolute atomic E-state index is 0.113. The SMILES string of the molecule is COc1cc([N+](=O)[O-])ccc1NC(=O)[C@H](C)N(C)Cc1ccc(OC)c(OC)c1. The number of nitro groups is 1. The van der Waals surface area contributed by atoms with E-state index in [1.54, 1.807) is 21.1 Å². The lowest BCUT2D eigenvalue weighted by Gasteiger charge is -2.24. The van der Waals surface area contributed by atoms with Crippen LogP contribution in [-0.4, -0.2) is 50.1 Å². The van der Waals surface area contributed by atoms with Gasteiger partial charge in [-0.25, -0.2) is 0 Å². The smallest absolute Gasteiger partial charge is 0.273 e. The van der Waals surface area contributed by atoms with E-state index >= 15 is 0 Å². The first kappa shape index (κ1) is 22.0. The average Bonchev–Trinajstić information content (AvgIpc) is 2.72. The fraction of sp³-hybridized carbons (Fsp3) is 0.350. The maximum absolute atomic E-state index is 12.7. The number of benzene rings is 2. The zero-order valence-electron chi connectivity index (χ0n) is 17.1. The Morgan fingerprint density at radius 2 is 1.72 bits per heavy atom. The second kappa shape index (κ2) is 9.74. The van der Waals surface area contributed by atoms with Crippen LogP contribution in [0.3, 0.4) is 0 Å². The molecule has 156 valence electrons. The van der Waals surface area contributed by atoms with Gasteiger partial charge in [-0.3, -0.25) is 19.8 Å². The first-order valence-electron chi connectivity index (χ1n) is 8.85. The molecule has 29 heavy (non-hydrogen) atoms. The van der Waals surface area contributed by atoms with Crippen molar-refractivity contribution in [3.05, 3.63) is 52.1 Å². The fourth-order valence-corrected chi connectivity index (χ4v) is 2.74. The van der Waals surface area contributed by atoms with Crippen LogP contribution in [0.1, 0.15) is 12.5 Å². The maximum atomic E-state index is 12.7. The minimum Gasteiger partial charge on any atom is -0.494 e. The van der Waals surface area contributed by atoms with Crippen LogP contribution < -0.4 is 19.5 Å². The number of methoxy groups -OCH3 is 3. The van der Waals surface area contributed by atoms with Gasteiger partial charge in [0.25, 0.3) is 5.69 Å². The summed E-state index contributed by atoms with van der Waals surface area (Å²) in [5.74, 6) is 1.21. The zero-order chi connectivity index (χ0) is 21.6. The highest BCUT2D eigenvalue weighted by Gasteiger charge is 2.21. The monoisotopic (exact) mass is 403 g/mol. The molecule has 1 amide bonds. The van der Waals surface area contributed by atoms with Crippen molar-refractivity contribution < 1.29 is 23.9 Å². The lowest BCUT2D eigenvalue weighted by Crippen LogP contribution is -2.39. The highest BCUT2D eigenvalue weighted by atomic mass is 16.6. The minimum atomic E-state index is -0.520. The molecule has 0 aliphatic carbocycles. The predicted molar refractivity (Wildman–Crippen MR) is 109 cm³/mol. The number of amides is 1. The number of anilines is 1. The van der Waals surface area contributed by atoms with Gasteiger partial charge in [0, 0.05) is 12.6 Å². The van der Waals surface area contributed by atoms with E-state index in [0.29, 0.717) is 23.7 Å². The topological polar surface area (TPSA) is 103 Å². The summed E-state index contributed by atoms with van der Waals surface area (Å²) >= 11 is 0. The van der Waals surface area contributed by atoms with Crippen LogP contribution in [0.5, 0.6) is 17.2 Å². The van der Waals surface area contributed by atoms with Crippen LogP contribution in [0.4, 0.5) is 11.4 Å². The molecule has 0 radical (unpaired) electrons. The second-order valence-corrected chi connectivity index (χ2v) is 6.41. The molecule has 2 rings (SSSR count). The molecule has 0 spiro atoms. The molecule has 1 atom stereocenters. The Kier molecular flexibility index (Phi) is 7.38. The van der Waals surface area contributed by atoms with Crippen molar-refractivity contribution in [1.29, 1.82) is 0 Å². The van der Waals surface area contributed by atoms with E-state index in [2.05, 4.69) is 5.32 Å². The number of rotatable bonds is 9. The molecule has 0 saturated carbocycles. The molecule has 9 nitrogen and oxygen atoms in total. The largest absolute Gasteiger partial charge is 0.494 e. The molecule has 0 saturated heterocycles. The molecular formula is C20H25N3O6. The Morgan fingerprint density at radius 1 is 1.07 bits per heavy atom. The van der Waals surface area contributed by atoms with Crippen molar-refractivity contribution in [2.24, 2.45) is 0 Å². The van der Waals surface area contributed by atoms with E-state index in [9.17, 15) is 14.9 Å². The molecule has 0 aliphatic heterocycles. The summed E-state index contributed by atoms with van der Waals surface area (Å²) in [4.78, 5) is 24.9. The summed E-state index contributed by atoms with van der Waals surface area (Å²) in [5, 5.41) is 13.7. The molecule has 0 unspecified atom stereocenters. The van der Waals surface area contributed by atoms with Crippen molar-refractivity contribution in [3.8, 4) is 17.2 Å². The highest BCUT2D eigenvalue weighted by molar-refractivity contribution is 5.96. The first-order valence-corrected chi connectivity index (χ1v) is 8.85. The number of hydrogen-bond donors (Lipinski definition) is 1. The van der Waals surface area contributed by atoms with Gasteiger partial charge in [-0.2, -0.15) is 0 Å². The molecule has 0 bridgehead atoms. The summed E-state index contributed by atoms with van der Waals surface area (Å²) in [6.07, 6.45) is 0. The quantitative estimate of drug-likeness (QED) is 0.507. The third-order valence-electron chi connectivity index (χ3n) is 4.57. The Morgan fingerprint density at radius 3 is 2.31 bits per heavy atom. The van der Waals surface area contributed by atoms with Crippen molar-refractivity contribution in [2.75, 3.05) is 33.7 Å². The van der Waals surface area contributed by atoms with Crippen LogP contribution in [0.15, 0.2) is 36.4 Å². The van der Waals surface area contributed by atoms with Crippen molar-refractivity contribution in [2.45, 2.75) is 19.5 Å². The summed E-state index contributed by atoms with van der Waals surface area (Å²) < 4.78 is 15.7. The maximum Gasteiger partial charge on any atom is 0.273 e. The van der Waals surface area contributed by atoms with Gasteiger partial charge in [-0.1, -0.05) is 6.07 Å². The summed E-state index contributed by atoms with van der Waals surface area (Å²) in [6.45, 7) is 2.28. The average molecular weight is 403 g/mol. The molecule has 0 aliphatic rings. The van der Waals surface area contributed by atoms with Crippen molar-refractivity contribution in [3.63, 3.8) is 0 Å². The Labute approximate surface area is 169 Å². The molecule has 2 aromatic carbocycles. The first-order chi connectivity index (χ1) is 13.8. The molecule has 0 fully saturated rings. The molecule has 2 aromatic rings. The summed E-state index contributed by atoms with van der Waals surface area (Å²) in [6, 6.07) is 9.15. The van der Waals surface area contributed by atoms with Crippen LogP contribution >= 0.6 is 0 Å². The van der Waals surface area contributed by atoms with Gasteiger partial charge in [0.1, 0.15) is 5.75 Å². The number of nitro benzene ring substituents is 1.